The van der Waals surface area contributed by atoms with Crippen LogP contribution in [0, 0.1) is 40.4 Å². The zero-order valence-corrected chi connectivity index (χ0v) is 18.7. The summed E-state index contributed by atoms with van der Waals surface area (Å²) in [5, 5.41) is 29.9. The molecule has 0 aromatic rings. The predicted molar refractivity (Wildman–Crippen MR) is 115 cm³/mol. The Morgan fingerprint density at radius 3 is 2.34 bits per heavy atom. The molecule has 6 rings (SSSR count). The van der Waals surface area contributed by atoms with Crippen LogP contribution in [0.3, 0.4) is 0 Å². The summed E-state index contributed by atoms with van der Waals surface area (Å²) in [4.78, 5) is 32.0. The molecule has 4 atom stereocenters. The number of carbonyl (C=O) groups excluding carboxylic acids is 2. The van der Waals surface area contributed by atoms with E-state index in [0.29, 0.717) is 50.7 Å². The summed E-state index contributed by atoms with van der Waals surface area (Å²) in [7, 11) is 0. The number of nitrogens with zero attached hydrogens (tertiary/aromatic N) is 5. The molecule has 2 heterocycles. The lowest BCUT2D eigenvalue weighted by Crippen LogP contribution is -2.67. The lowest BCUT2D eigenvalue weighted by atomic mass is 9.50. The summed E-state index contributed by atoms with van der Waals surface area (Å²) in [5.41, 5.74) is -1.02. The molecule has 2 aliphatic heterocycles. The molecule has 0 spiro atoms. The average Bonchev–Trinajstić information content (AvgIpc) is 3.40. The Labute approximate surface area is 189 Å². The molecule has 2 saturated heterocycles. The molecular weight excluding hydrogens is 406 g/mol. The Morgan fingerprint density at radius 1 is 1.00 bits per heavy atom. The molecule has 2 amide bonds. The van der Waals surface area contributed by atoms with Crippen LogP contribution in [0.25, 0.3) is 0 Å². The van der Waals surface area contributed by atoms with Crippen molar-refractivity contribution in [1.29, 1.82) is 10.5 Å². The minimum atomic E-state index is -0.684. The predicted octanol–water partition coefficient (Wildman–Crippen LogP) is 1.26. The molecule has 1 N–H and O–H groups in total. The summed E-state index contributed by atoms with van der Waals surface area (Å²) in [6, 6.07) is 4.13. The molecule has 0 radical (unpaired) electrons. The van der Waals surface area contributed by atoms with Gasteiger partial charge in [0.2, 0.25) is 11.8 Å². The van der Waals surface area contributed by atoms with Crippen molar-refractivity contribution >= 4 is 11.8 Å². The summed E-state index contributed by atoms with van der Waals surface area (Å²) in [6.07, 6.45) is 7.52. The van der Waals surface area contributed by atoms with Crippen molar-refractivity contribution in [3.8, 4) is 12.1 Å². The maximum atomic E-state index is 13.3. The fourth-order valence-electron chi connectivity index (χ4n) is 7.74. The van der Waals surface area contributed by atoms with Crippen molar-refractivity contribution in [3.05, 3.63) is 0 Å². The van der Waals surface area contributed by atoms with Crippen molar-refractivity contribution in [1.82, 2.24) is 14.7 Å². The van der Waals surface area contributed by atoms with Gasteiger partial charge in [0.1, 0.15) is 6.04 Å². The number of carbonyl (C=O) groups is 2. The van der Waals surface area contributed by atoms with E-state index >= 15 is 0 Å². The molecule has 8 heteroatoms. The third-order valence-electron chi connectivity index (χ3n) is 8.77. The van der Waals surface area contributed by atoms with Crippen LogP contribution in [0.1, 0.15) is 57.8 Å². The maximum absolute atomic E-state index is 13.3. The quantitative estimate of drug-likeness (QED) is 0.690. The second kappa shape index (κ2) is 8.01. The Bertz CT molecular complexity index is 862. The molecular formula is C24H33N5O3. The highest BCUT2D eigenvalue weighted by Crippen LogP contribution is 2.59. The molecule has 6 aliphatic rings. The van der Waals surface area contributed by atoms with Crippen LogP contribution in [-0.2, 0) is 9.59 Å². The zero-order chi connectivity index (χ0) is 22.5. The number of amides is 2. The number of likely N-dealkylation sites (tertiary alicyclic amines) is 2. The van der Waals surface area contributed by atoms with Gasteiger partial charge in [-0.15, -0.1) is 0 Å². The first kappa shape index (κ1) is 21.7. The van der Waals surface area contributed by atoms with E-state index in [9.17, 15) is 25.2 Å². The second-order valence-corrected chi connectivity index (χ2v) is 11.1. The molecule has 0 aromatic carbocycles. The van der Waals surface area contributed by atoms with Gasteiger partial charge in [0, 0.05) is 25.2 Å². The van der Waals surface area contributed by atoms with Crippen LogP contribution in [0.15, 0.2) is 0 Å². The lowest BCUT2D eigenvalue weighted by Gasteiger charge is -2.63. The van der Waals surface area contributed by atoms with Gasteiger partial charge in [-0.1, -0.05) is 0 Å². The van der Waals surface area contributed by atoms with E-state index in [1.165, 1.54) is 0 Å². The number of aliphatic hydroxyl groups is 1. The van der Waals surface area contributed by atoms with Gasteiger partial charge in [-0.3, -0.25) is 14.5 Å². The Morgan fingerprint density at radius 2 is 1.72 bits per heavy atom. The smallest absolute Gasteiger partial charge is 0.237 e. The van der Waals surface area contributed by atoms with Crippen LogP contribution < -0.4 is 0 Å². The summed E-state index contributed by atoms with van der Waals surface area (Å²) < 4.78 is 0. The maximum Gasteiger partial charge on any atom is 0.237 e. The third kappa shape index (κ3) is 3.78. The minimum absolute atomic E-state index is 0.0310. The Kier molecular flexibility index (Phi) is 5.42. The van der Waals surface area contributed by atoms with E-state index in [0.717, 1.165) is 38.5 Å². The fraction of sp³-hybridized carbons (Fsp3) is 0.833. The van der Waals surface area contributed by atoms with Crippen molar-refractivity contribution in [3.63, 3.8) is 0 Å². The topological polar surface area (TPSA) is 112 Å². The summed E-state index contributed by atoms with van der Waals surface area (Å²) >= 11 is 0. The second-order valence-electron chi connectivity index (χ2n) is 11.1. The average molecular weight is 440 g/mol. The molecule has 0 aromatic heterocycles. The molecule has 172 valence electrons. The van der Waals surface area contributed by atoms with Crippen molar-refractivity contribution in [2.45, 2.75) is 75.0 Å². The van der Waals surface area contributed by atoms with Gasteiger partial charge < -0.3 is 14.9 Å². The van der Waals surface area contributed by atoms with Gasteiger partial charge >= 0.3 is 0 Å². The van der Waals surface area contributed by atoms with Gasteiger partial charge in [0.15, 0.2) is 0 Å². The van der Waals surface area contributed by atoms with Crippen LogP contribution in [0.5, 0.6) is 0 Å². The molecule has 4 aliphatic carbocycles. The normalized spacial score (nSPS) is 40.0. The third-order valence-corrected chi connectivity index (χ3v) is 8.77. The molecule has 6 fully saturated rings. The summed E-state index contributed by atoms with van der Waals surface area (Å²) in [6.45, 7) is 1.90. The highest BCUT2D eigenvalue weighted by molar-refractivity contribution is 5.82. The van der Waals surface area contributed by atoms with Crippen molar-refractivity contribution in [2.75, 3.05) is 32.7 Å². The number of nitriles is 2. The van der Waals surface area contributed by atoms with Crippen LogP contribution in [-0.4, -0.2) is 81.5 Å². The minimum Gasteiger partial charge on any atom is -0.390 e. The molecule has 32 heavy (non-hydrogen) atoms. The Balaban J connectivity index is 1.38. The van der Waals surface area contributed by atoms with E-state index in [-0.39, 0.29) is 42.4 Å². The van der Waals surface area contributed by atoms with E-state index < -0.39 is 5.60 Å². The monoisotopic (exact) mass is 439 g/mol. The number of hydrogen-bond donors (Lipinski definition) is 1. The van der Waals surface area contributed by atoms with E-state index in [1.54, 1.807) is 9.80 Å². The van der Waals surface area contributed by atoms with E-state index in [1.807, 2.05) is 0 Å². The van der Waals surface area contributed by atoms with Gasteiger partial charge in [0.05, 0.1) is 36.7 Å². The van der Waals surface area contributed by atoms with E-state index in [2.05, 4.69) is 17.0 Å². The molecule has 4 bridgehead atoms. The molecule has 4 unspecified atom stereocenters. The summed E-state index contributed by atoms with van der Waals surface area (Å²) in [5.74, 6) is 0.664. The molecule has 8 nitrogen and oxygen atoms in total. The fourth-order valence-corrected chi connectivity index (χ4v) is 7.74. The molecule has 4 saturated carbocycles. The van der Waals surface area contributed by atoms with Crippen molar-refractivity contribution < 1.29 is 14.7 Å². The number of rotatable bonds is 5. The van der Waals surface area contributed by atoms with Gasteiger partial charge in [-0.25, -0.2) is 0 Å². The van der Waals surface area contributed by atoms with Crippen LogP contribution in [0.2, 0.25) is 0 Å². The highest BCUT2D eigenvalue weighted by Gasteiger charge is 2.59. The first-order valence-corrected chi connectivity index (χ1v) is 12.2. The van der Waals surface area contributed by atoms with E-state index in [4.69, 9.17) is 0 Å². The Hall–Kier alpha value is -2.16. The first-order valence-electron chi connectivity index (χ1n) is 12.2. The van der Waals surface area contributed by atoms with Crippen LogP contribution in [0.4, 0.5) is 0 Å². The van der Waals surface area contributed by atoms with Crippen molar-refractivity contribution in [2.24, 2.45) is 17.8 Å². The SMILES string of the molecule is N#CC1CCN(C(=O)CN(CC(=O)N2CCCC2C#N)C23CC4CC(CC(O)(C4)C2)C3)C1. The largest absolute Gasteiger partial charge is 0.390 e. The highest BCUT2D eigenvalue weighted by atomic mass is 16.3. The lowest BCUT2D eigenvalue weighted by molar-refractivity contribution is -0.181. The van der Waals surface area contributed by atoms with Gasteiger partial charge in [0.25, 0.3) is 0 Å². The standard InChI is InChI=1S/C24H33N5O3/c25-11-17-3-5-27(13-17)21(30)14-28(15-22(31)29-4-1-2-20(29)12-26)23-7-18-6-19(8-23)10-24(32,9-18)16-23/h17-20,32H,1-10,13-16H2. The van der Waals surface area contributed by atoms with Gasteiger partial charge in [-0.2, -0.15) is 10.5 Å². The first-order chi connectivity index (χ1) is 15.3. The number of hydrogen-bond acceptors (Lipinski definition) is 6. The van der Waals surface area contributed by atoms with Crippen LogP contribution >= 0.6 is 0 Å². The van der Waals surface area contributed by atoms with Gasteiger partial charge in [-0.05, 0) is 69.6 Å². The zero-order valence-electron chi connectivity index (χ0n) is 18.7.